The van der Waals surface area contributed by atoms with Crippen molar-refractivity contribution in [3.8, 4) is 0 Å². The molecule has 5 nitrogen and oxygen atoms in total. The summed E-state index contributed by atoms with van der Waals surface area (Å²) in [5.74, 6) is -2.10. The van der Waals surface area contributed by atoms with Gasteiger partial charge in [0.25, 0.3) is 0 Å². The molecule has 7 heteroatoms. The normalized spacial score (nSPS) is 11.9. The highest BCUT2D eigenvalue weighted by Gasteiger charge is 2.13. The van der Waals surface area contributed by atoms with Crippen molar-refractivity contribution in [3.05, 3.63) is 51.7 Å². The van der Waals surface area contributed by atoms with Gasteiger partial charge in [-0.25, -0.2) is 9.37 Å². The van der Waals surface area contributed by atoms with Crippen molar-refractivity contribution in [1.29, 1.82) is 0 Å². The van der Waals surface area contributed by atoms with Crippen LogP contribution in [-0.2, 0) is 22.4 Å². The molecule has 0 saturated carbocycles. The minimum absolute atomic E-state index is 0.0980. The lowest BCUT2D eigenvalue weighted by molar-refractivity contribution is -0.141. The summed E-state index contributed by atoms with van der Waals surface area (Å²) in [5.41, 5.74) is 1.60. The maximum Gasteiger partial charge on any atom is 0.308 e. The van der Waals surface area contributed by atoms with E-state index in [1.807, 2.05) is 0 Å². The van der Waals surface area contributed by atoms with Gasteiger partial charge in [-0.2, -0.15) is 0 Å². The summed E-state index contributed by atoms with van der Waals surface area (Å²) in [4.78, 5) is 26.8. The standard InChI is InChI=1S/C16H17FN2O3S/c1-10(16(21)22)8-18-14(20)7-13-9-23-15(19-13)6-11-2-4-12(17)5-3-11/h2-5,9-10H,6-8H2,1H3,(H,18,20)(H,21,22). The highest BCUT2D eigenvalue weighted by Crippen LogP contribution is 2.15. The summed E-state index contributed by atoms with van der Waals surface area (Å²) in [6, 6.07) is 6.22. The van der Waals surface area contributed by atoms with E-state index in [4.69, 9.17) is 5.11 Å². The second kappa shape index (κ2) is 7.82. The number of thiazole rings is 1. The Morgan fingerprint density at radius 3 is 2.70 bits per heavy atom. The topological polar surface area (TPSA) is 79.3 Å². The van der Waals surface area contributed by atoms with E-state index >= 15 is 0 Å². The van der Waals surface area contributed by atoms with Gasteiger partial charge < -0.3 is 10.4 Å². The average molecular weight is 336 g/mol. The monoisotopic (exact) mass is 336 g/mol. The second-order valence-electron chi connectivity index (χ2n) is 5.26. The van der Waals surface area contributed by atoms with Gasteiger partial charge in [0.05, 0.1) is 23.0 Å². The minimum Gasteiger partial charge on any atom is -0.481 e. The van der Waals surface area contributed by atoms with Crippen LogP contribution in [0.4, 0.5) is 4.39 Å². The van der Waals surface area contributed by atoms with Crippen LogP contribution in [0.1, 0.15) is 23.2 Å². The molecule has 1 amide bonds. The van der Waals surface area contributed by atoms with Crippen LogP contribution in [-0.4, -0.2) is 28.5 Å². The molecule has 122 valence electrons. The Balaban J connectivity index is 1.85. The van der Waals surface area contributed by atoms with Crippen molar-refractivity contribution in [2.75, 3.05) is 6.54 Å². The smallest absolute Gasteiger partial charge is 0.308 e. The van der Waals surface area contributed by atoms with Crippen LogP contribution in [0.3, 0.4) is 0 Å². The van der Waals surface area contributed by atoms with Gasteiger partial charge in [0.1, 0.15) is 5.82 Å². The van der Waals surface area contributed by atoms with E-state index in [1.54, 1.807) is 17.5 Å². The number of benzene rings is 1. The molecule has 0 aliphatic carbocycles. The molecule has 1 aromatic heterocycles. The molecule has 2 rings (SSSR count). The fourth-order valence-corrected chi connectivity index (χ4v) is 2.70. The lowest BCUT2D eigenvalue weighted by Gasteiger charge is -2.07. The molecule has 1 heterocycles. The Bertz CT molecular complexity index is 685. The van der Waals surface area contributed by atoms with Crippen LogP contribution < -0.4 is 5.32 Å². The lowest BCUT2D eigenvalue weighted by atomic mass is 10.1. The third kappa shape index (κ3) is 5.45. The molecule has 0 bridgehead atoms. The van der Waals surface area contributed by atoms with Gasteiger partial charge in [0, 0.05) is 18.3 Å². The van der Waals surface area contributed by atoms with Crippen LogP contribution in [0.15, 0.2) is 29.6 Å². The first-order valence-electron chi connectivity index (χ1n) is 7.11. The first kappa shape index (κ1) is 17.1. The molecule has 2 N–H and O–H groups in total. The van der Waals surface area contributed by atoms with Crippen LogP contribution in [0.5, 0.6) is 0 Å². The largest absolute Gasteiger partial charge is 0.481 e. The van der Waals surface area contributed by atoms with E-state index in [9.17, 15) is 14.0 Å². The number of carbonyl (C=O) groups is 2. The van der Waals surface area contributed by atoms with E-state index in [1.165, 1.54) is 30.4 Å². The first-order valence-corrected chi connectivity index (χ1v) is 7.99. The zero-order valence-corrected chi connectivity index (χ0v) is 13.4. The van der Waals surface area contributed by atoms with Gasteiger partial charge in [-0.05, 0) is 17.7 Å². The number of rotatable bonds is 7. The molecule has 1 atom stereocenters. The molecule has 23 heavy (non-hydrogen) atoms. The number of carboxylic acid groups (broad SMARTS) is 1. The summed E-state index contributed by atoms with van der Waals surface area (Å²) in [5, 5.41) is 14.0. The van der Waals surface area contributed by atoms with Crippen molar-refractivity contribution in [2.24, 2.45) is 5.92 Å². The van der Waals surface area contributed by atoms with Crippen molar-refractivity contribution in [2.45, 2.75) is 19.8 Å². The Hall–Kier alpha value is -2.28. The maximum absolute atomic E-state index is 12.9. The van der Waals surface area contributed by atoms with Gasteiger partial charge in [-0.3, -0.25) is 9.59 Å². The van der Waals surface area contributed by atoms with Crippen molar-refractivity contribution in [1.82, 2.24) is 10.3 Å². The average Bonchev–Trinajstić information content (AvgIpc) is 2.94. The predicted molar refractivity (Wildman–Crippen MR) is 84.8 cm³/mol. The number of nitrogens with one attached hydrogen (secondary N) is 1. The van der Waals surface area contributed by atoms with Crippen LogP contribution in [0.25, 0.3) is 0 Å². The Labute approximate surface area is 137 Å². The zero-order chi connectivity index (χ0) is 16.8. The third-order valence-corrected chi connectivity index (χ3v) is 4.13. The SMILES string of the molecule is CC(CNC(=O)Cc1csc(Cc2ccc(F)cc2)n1)C(=O)O. The number of amides is 1. The van der Waals surface area contributed by atoms with Crippen molar-refractivity contribution >= 4 is 23.2 Å². The predicted octanol–water partition coefficient (Wildman–Crippen LogP) is 2.25. The number of halogens is 1. The Morgan fingerprint density at radius 1 is 1.35 bits per heavy atom. The molecular formula is C16H17FN2O3S. The summed E-state index contributed by atoms with van der Waals surface area (Å²) < 4.78 is 12.9. The molecular weight excluding hydrogens is 319 g/mol. The summed E-state index contributed by atoms with van der Waals surface area (Å²) in [6.07, 6.45) is 0.703. The number of carbonyl (C=O) groups excluding carboxylic acids is 1. The molecule has 0 saturated heterocycles. The fourth-order valence-electron chi connectivity index (χ4n) is 1.87. The molecule has 2 aromatic rings. The Morgan fingerprint density at radius 2 is 2.04 bits per heavy atom. The number of aromatic nitrogens is 1. The van der Waals surface area contributed by atoms with Crippen molar-refractivity contribution in [3.63, 3.8) is 0 Å². The van der Waals surface area contributed by atoms with Gasteiger partial charge in [-0.15, -0.1) is 11.3 Å². The Kier molecular flexibility index (Phi) is 5.81. The van der Waals surface area contributed by atoms with Gasteiger partial charge in [-0.1, -0.05) is 19.1 Å². The molecule has 0 aliphatic rings. The number of hydrogen-bond donors (Lipinski definition) is 2. The minimum atomic E-state index is -0.944. The molecule has 0 spiro atoms. The van der Waals surface area contributed by atoms with Crippen molar-refractivity contribution < 1.29 is 19.1 Å². The molecule has 0 fully saturated rings. The first-order chi connectivity index (χ1) is 10.9. The van der Waals surface area contributed by atoms with Crippen LogP contribution in [0, 0.1) is 11.7 Å². The third-order valence-electron chi connectivity index (χ3n) is 3.24. The van der Waals surface area contributed by atoms with Crippen LogP contribution >= 0.6 is 11.3 Å². The summed E-state index contributed by atoms with van der Waals surface area (Å²) in [6.45, 7) is 1.63. The zero-order valence-electron chi connectivity index (χ0n) is 12.6. The van der Waals surface area contributed by atoms with E-state index in [0.29, 0.717) is 12.1 Å². The maximum atomic E-state index is 12.9. The van der Waals surface area contributed by atoms with E-state index in [2.05, 4.69) is 10.3 Å². The van der Waals surface area contributed by atoms with E-state index in [-0.39, 0.29) is 24.7 Å². The van der Waals surface area contributed by atoms with Gasteiger partial charge in [0.15, 0.2) is 0 Å². The number of aliphatic carboxylic acids is 1. The number of carboxylic acids is 1. The molecule has 0 aliphatic heterocycles. The number of nitrogens with zero attached hydrogens (tertiary/aromatic N) is 1. The quantitative estimate of drug-likeness (QED) is 0.813. The van der Waals surface area contributed by atoms with Gasteiger partial charge >= 0.3 is 5.97 Å². The number of hydrogen-bond acceptors (Lipinski definition) is 4. The molecule has 1 unspecified atom stereocenters. The second-order valence-corrected chi connectivity index (χ2v) is 6.20. The summed E-state index contributed by atoms with van der Waals surface area (Å²) in [7, 11) is 0. The molecule has 0 radical (unpaired) electrons. The lowest BCUT2D eigenvalue weighted by Crippen LogP contribution is -2.32. The highest BCUT2D eigenvalue weighted by atomic mass is 32.1. The van der Waals surface area contributed by atoms with E-state index in [0.717, 1.165) is 10.6 Å². The summed E-state index contributed by atoms with van der Waals surface area (Å²) >= 11 is 1.44. The van der Waals surface area contributed by atoms with E-state index < -0.39 is 11.9 Å². The highest BCUT2D eigenvalue weighted by molar-refractivity contribution is 7.09. The fraction of sp³-hybridized carbons (Fsp3) is 0.312. The van der Waals surface area contributed by atoms with Gasteiger partial charge in [0.2, 0.25) is 5.91 Å². The molecule has 1 aromatic carbocycles. The van der Waals surface area contributed by atoms with Crippen LogP contribution in [0.2, 0.25) is 0 Å².